The first-order chi connectivity index (χ1) is 8.07. The van der Waals surface area contributed by atoms with Crippen molar-refractivity contribution < 1.29 is 4.43 Å². The highest BCUT2D eigenvalue weighted by Crippen LogP contribution is 2.80. The van der Waals surface area contributed by atoms with Crippen LogP contribution in [0.5, 0.6) is 0 Å². The summed E-state index contributed by atoms with van der Waals surface area (Å²) in [5, 5.41) is 0.586. The van der Waals surface area contributed by atoms with Crippen LogP contribution in [0, 0.1) is 5.41 Å². The van der Waals surface area contributed by atoms with Crippen LogP contribution in [0.2, 0.25) is 17.1 Å². The van der Waals surface area contributed by atoms with Gasteiger partial charge in [-0.2, -0.15) is 0 Å². The first kappa shape index (κ1) is 15.2. The molecule has 1 aliphatic rings. The van der Waals surface area contributed by atoms with Gasteiger partial charge in [-0.05, 0) is 35.9 Å². The van der Waals surface area contributed by atoms with Gasteiger partial charge in [0.1, 0.15) is 0 Å². The van der Waals surface area contributed by atoms with Gasteiger partial charge in [-0.15, -0.1) is 0 Å². The number of hydrogen-bond donors (Lipinski definition) is 0. The van der Waals surface area contributed by atoms with E-state index in [1.165, 1.54) is 37.8 Å². The minimum absolute atomic E-state index is 0.586. The molecule has 1 aliphatic carbocycles. The van der Waals surface area contributed by atoms with Crippen LogP contribution in [-0.2, 0) is 4.43 Å². The summed E-state index contributed by atoms with van der Waals surface area (Å²) in [4.78, 5) is 0. The SMILES string of the molecule is CCO[Si](CC)(CC)C1(CC)CC1(CC)CC. The topological polar surface area (TPSA) is 9.23 Å². The Balaban J connectivity index is 3.08. The summed E-state index contributed by atoms with van der Waals surface area (Å²) in [7, 11) is -1.54. The van der Waals surface area contributed by atoms with E-state index in [1.807, 2.05) is 0 Å². The lowest BCUT2D eigenvalue weighted by Gasteiger charge is -2.41. The standard InChI is InChI=1S/C15H32OSi/c1-7-14(8-2)13-15(14,9-3)17(11-5,12-6)16-10-4/h7-13H2,1-6H3. The summed E-state index contributed by atoms with van der Waals surface area (Å²) in [6.07, 6.45) is 5.47. The second kappa shape index (κ2) is 5.44. The molecule has 0 saturated heterocycles. The molecular weight excluding hydrogens is 224 g/mol. The molecule has 0 aromatic carbocycles. The van der Waals surface area contributed by atoms with Gasteiger partial charge in [0.2, 0.25) is 0 Å². The molecule has 1 rings (SSSR count). The highest BCUT2D eigenvalue weighted by molar-refractivity contribution is 6.78. The molecule has 0 bridgehead atoms. The van der Waals surface area contributed by atoms with Gasteiger partial charge in [0.15, 0.2) is 8.32 Å². The fraction of sp³-hybridized carbons (Fsp3) is 1.00. The third kappa shape index (κ3) is 1.92. The second-order valence-corrected chi connectivity index (χ2v) is 10.4. The average molecular weight is 257 g/mol. The van der Waals surface area contributed by atoms with Crippen molar-refractivity contribution in [3.63, 3.8) is 0 Å². The minimum Gasteiger partial charge on any atom is -0.417 e. The molecule has 0 radical (unpaired) electrons. The molecule has 0 N–H and O–H groups in total. The molecule has 0 heterocycles. The second-order valence-electron chi connectivity index (χ2n) is 5.73. The largest absolute Gasteiger partial charge is 0.417 e. The zero-order chi connectivity index (χ0) is 13.2. The average Bonchev–Trinajstić information content (AvgIpc) is 3.07. The third-order valence-corrected chi connectivity index (χ3v) is 11.9. The molecular formula is C15H32OSi. The van der Waals surface area contributed by atoms with Crippen molar-refractivity contribution in [2.75, 3.05) is 6.61 Å². The molecule has 1 saturated carbocycles. The molecule has 0 aliphatic heterocycles. The molecule has 0 aromatic rings. The Labute approximate surface area is 109 Å². The van der Waals surface area contributed by atoms with Gasteiger partial charge in [-0.1, -0.05) is 53.9 Å². The van der Waals surface area contributed by atoms with E-state index in [-0.39, 0.29) is 0 Å². The van der Waals surface area contributed by atoms with Gasteiger partial charge in [0.05, 0.1) is 0 Å². The van der Waals surface area contributed by atoms with Crippen molar-refractivity contribution in [1.29, 1.82) is 0 Å². The first-order valence-corrected chi connectivity index (χ1v) is 10.0. The lowest BCUT2D eigenvalue weighted by atomic mass is 9.95. The van der Waals surface area contributed by atoms with Gasteiger partial charge in [-0.25, -0.2) is 0 Å². The lowest BCUT2D eigenvalue weighted by molar-refractivity contribution is 0.286. The van der Waals surface area contributed by atoms with Crippen LogP contribution in [0.25, 0.3) is 0 Å². The van der Waals surface area contributed by atoms with Crippen molar-refractivity contribution in [2.45, 2.75) is 84.4 Å². The summed E-state index contributed by atoms with van der Waals surface area (Å²) < 4.78 is 6.44. The minimum atomic E-state index is -1.54. The van der Waals surface area contributed by atoms with Crippen molar-refractivity contribution in [1.82, 2.24) is 0 Å². The molecule has 1 fully saturated rings. The highest BCUT2D eigenvalue weighted by Gasteiger charge is 2.73. The summed E-state index contributed by atoms with van der Waals surface area (Å²) in [6, 6.07) is 2.60. The van der Waals surface area contributed by atoms with Crippen molar-refractivity contribution in [3.8, 4) is 0 Å². The molecule has 1 atom stereocenters. The van der Waals surface area contributed by atoms with E-state index < -0.39 is 8.32 Å². The predicted molar refractivity (Wildman–Crippen MR) is 79.0 cm³/mol. The highest BCUT2D eigenvalue weighted by atomic mass is 28.4. The van der Waals surface area contributed by atoms with Crippen LogP contribution in [0.1, 0.15) is 67.2 Å². The van der Waals surface area contributed by atoms with E-state index in [0.29, 0.717) is 10.5 Å². The van der Waals surface area contributed by atoms with Crippen molar-refractivity contribution in [3.05, 3.63) is 0 Å². The molecule has 102 valence electrons. The van der Waals surface area contributed by atoms with Crippen molar-refractivity contribution in [2.24, 2.45) is 5.41 Å². The van der Waals surface area contributed by atoms with Crippen molar-refractivity contribution >= 4 is 8.32 Å². The zero-order valence-electron chi connectivity index (χ0n) is 12.9. The van der Waals surface area contributed by atoms with E-state index in [2.05, 4.69) is 41.5 Å². The summed E-state index contributed by atoms with van der Waals surface area (Å²) in [6.45, 7) is 15.0. The molecule has 1 unspecified atom stereocenters. The predicted octanol–water partition coefficient (Wildman–Crippen LogP) is 5.37. The van der Waals surface area contributed by atoms with E-state index in [9.17, 15) is 0 Å². The van der Waals surface area contributed by atoms with Gasteiger partial charge in [0, 0.05) is 6.61 Å². The fourth-order valence-corrected chi connectivity index (χ4v) is 10.4. The summed E-state index contributed by atoms with van der Waals surface area (Å²) >= 11 is 0. The zero-order valence-corrected chi connectivity index (χ0v) is 13.9. The van der Waals surface area contributed by atoms with E-state index in [0.717, 1.165) is 6.61 Å². The fourth-order valence-electron chi connectivity index (χ4n) is 4.72. The van der Waals surface area contributed by atoms with Crippen LogP contribution in [0.4, 0.5) is 0 Å². The number of hydrogen-bond acceptors (Lipinski definition) is 1. The van der Waals surface area contributed by atoms with Crippen LogP contribution in [-0.4, -0.2) is 14.9 Å². The van der Waals surface area contributed by atoms with E-state index in [1.54, 1.807) is 0 Å². The van der Waals surface area contributed by atoms with Gasteiger partial charge in [0.25, 0.3) is 0 Å². The molecule has 0 spiro atoms. The number of rotatable bonds is 8. The van der Waals surface area contributed by atoms with E-state index >= 15 is 0 Å². The normalized spacial score (nSPS) is 27.2. The summed E-state index contributed by atoms with van der Waals surface area (Å²) in [5.74, 6) is 0. The summed E-state index contributed by atoms with van der Waals surface area (Å²) in [5.41, 5.74) is 0.620. The lowest BCUT2D eigenvalue weighted by Crippen LogP contribution is -2.46. The van der Waals surface area contributed by atoms with Crippen LogP contribution >= 0.6 is 0 Å². The maximum Gasteiger partial charge on any atom is 0.198 e. The maximum absolute atomic E-state index is 6.44. The smallest absolute Gasteiger partial charge is 0.198 e. The molecule has 17 heavy (non-hydrogen) atoms. The van der Waals surface area contributed by atoms with Crippen LogP contribution in [0.3, 0.4) is 0 Å². The molecule has 2 heteroatoms. The van der Waals surface area contributed by atoms with Gasteiger partial charge >= 0.3 is 0 Å². The maximum atomic E-state index is 6.44. The van der Waals surface area contributed by atoms with Gasteiger partial charge < -0.3 is 4.43 Å². The molecule has 0 amide bonds. The van der Waals surface area contributed by atoms with Crippen LogP contribution in [0.15, 0.2) is 0 Å². The quantitative estimate of drug-likeness (QED) is 0.531. The Hall–Kier alpha value is 0.177. The first-order valence-electron chi connectivity index (χ1n) is 7.71. The van der Waals surface area contributed by atoms with E-state index in [4.69, 9.17) is 4.43 Å². The Morgan fingerprint density at radius 2 is 1.41 bits per heavy atom. The Morgan fingerprint density at radius 1 is 0.882 bits per heavy atom. The molecule has 1 nitrogen and oxygen atoms in total. The Bertz CT molecular complexity index is 243. The monoisotopic (exact) mass is 256 g/mol. The Kier molecular flexibility index (Phi) is 4.87. The Morgan fingerprint density at radius 3 is 1.65 bits per heavy atom. The molecule has 0 aromatic heterocycles. The third-order valence-electron chi connectivity index (χ3n) is 5.92. The van der Waals surface area contributed by atoms with Gasteiger partial charge in [-0.3, -0.25) is 0 Å². The van der Waals surface area contributed by atoms with Crippen LogP contribution < -0.4 is 0 Å².